The molecule has 5 nitrogen and oxygen atoms in total. The molecule has 0 atom stereocenters. The van der Waals surface area contributed by atoms with Crippen LogP contribution in [-0.2, 0) is 7.05 Å². The zero-order valence-corrected chi connectivity index (χ0v) is 10.4. The van der Waals surface area contributed by atoms with Crippen LogP contribution in [0.3, 0.4) is 0 Å². The van der Waals surface area contributed by atoms with E-state index in [9.17, 15) is 4.79 Å². The van der Waals surface area contributed by atoms with E-state index in [0.29, 0.717) is 5.69 Å². The minimum Gasteiger partial charge on any atom is -0.320 e. The number of rotatable bonds is 3. The lowest BCUT2D eigenvalue weighted by Crippen LogP contribution is -2.13. The zero-order valence-electron chi connectivity index (χ0n) is 9.54. The number of amides is 1. The number of para-hydroxylation sites is 1. The Hall–Kier alpha value is -1.82. The van der Waals surface area contributed by atoms with Gasteiger partial charge in [0.1, 0.15) is 0 Å². The highest BCUT2D eigenvalue weighted by Crippen LogP contribution is 2.24. The molecule has 0 radical (unpaired) electrons. The molecule has 0 spiro atoms. The lowest BCUT2D eigenvalue weighted by Gasteiger charge is -2.07. The minimum atomic E-state index is -0.250. The van der Waals surface area contributed by atoms with Crippen molar-refractivity contribution in [3.8, 4) is 0 Å². The summed E-state index contributed by atoms with van der Waals surface area (Å²) in [5, 5.41) is 10.3. The molecule has 0 saturated carbocycles. The van der Waals surface area contributed by atoms with Gasteiger partial charge in [-0.3, -0.25) is 9.48 Å². The van der Waals surface area contributed by atoms with Crippen molar-refractivity contribution in [1.29, 1.82) is 0 Å². The van der Waals surface area contributed by atoms with Gasteiger partial charge in [0, 0.05) is 11.9 Å². The molecule has 0 aliphatic rings. The van der Waals surface area contributed by atoms with E-state index in [4.69, 9.17) is 0 Å². The number of carbonyl (C=O) groups excluding carboxylic acids is 1. The molecule has 0 aliphatic heterocycles. The number of benzene rings is 1. The summed E-state index contributed by atoms with van der Waals surface area (Å²) in [6.07, 6.45) is 3.55. The summed E-state index contributed by atoms with van der Waals surface area (Å²) in [7, 11) is 1.72. The summed E-state index contributed by atoms with van der Waals surface area (Å²) in [5.74, 6) is -0.250. The number of aryl methyl sites for hydroxylation is 1. The molecule has 1 aromatic carbocycles. The SMILES string of the molecule is CSc1ccccc1NC(=O)c1cn(C)nn1. The lowest BCUT2D eigenvalue weighted by molar-refractivity contribution is 0.102. The molecule has 2 rings (SSSR count). The predicted molar refractivity (Wildman–Crippen MR) is 67.2 cm³/mol. The average Bonchev–Trinajstić information content (AvgIpc) is 2.77. The number of hydrogen-bond acceptors (Lipinski definition) is 4. The standard InChI is InChI=1S/C11H12N4OS/c1-15-7-9(13-14-15)11(16)12-8-5-3-4-6-10(8)17-2/h3-7H,1-2H3,(H,12,16). The second-order valence-corrected chi connectivity index (χ2v) is 4.28. The molecule has 6 heteroatoms. The van der Waals surface area contributed by atoms with Gasteiger partial charge in [-0.05, 0) is 18.4 Å². The molecule has 88 valence electrons. The molecule has 1 aromatic heterocycles. The van der Waals surface area contributed by atoms with Crippen LogP contribution in [0.25, 0.3) is 0 Å². The van der Waals surface area contributed by atoms with Crippen molar-refractivity contribution < 1.29 is 4.79 Å². The van der Waals surface area contributed by atoms with E-state index in [1.54, 1.807) is 25.0 Å². The van der Waals surface area contributed by atoms with E-state index in [2.05, 4.69) is 15.6 Å². The van der Waals surface area contributed by atoms with Gasteiger partial charge in [-0.25, -0.2) is 0 Å². The molecular formula is C11H12N4OS. The zero-order chi connectivity index (χ0) is 12.3. The molecule has 1 N–H and O–H groups in total. The van der Waals surface area contributed by atoms with Gasteiger partial charge in [0.15, 0.2) is 5.69 Å². The van der Waals surface area contributed by atoms with Gasteiger partial charge in [0.2, 0.25) is 0 Å². The third kappa shape index (κ3) is 2.65. The molecule has 17 heavy (non-hydrogen) atoms. The monoisotopic (exact) mass is 248 g/mol. The highest BCUT2D eigenvalue weighted by atomic mass is 32.2. The molecule has 1 amide bonds. The number of carbonyl (C=O) groups is 1. The topological polar surface area (TPSA) is 59.8 Å². The Labute approximate surface area is 103 Å². The molecule has 2 aromatic rings. The summed E-state index contributed by atoms with van der Waals surface area (Å²) < 4.78 is 1.50. The van der Waals surface area contributed by atoms with E-state index in [0.717, 1.165) is 10.6 Å². The predicted octanol–water partition coefficient (Wildman–Crippen LogP) is 1.79. The summed E-state index contributed by atoms with van der Waals surface area (Å²) in [6.45, 7) is 0. The summed E-state index contributed by atoms with van der Waals surface area (Å²) in [5.41, 5.74) is 1.10. The quantitative estimate of drug-likeness (QED) is 0.841. The number of anilines is 1. The Morgan fingerprint density at radius 1 is 1.41 bits per heavy atom. The molecule has 1 heterocycles. The summed E-state index contributed by atoms with van der Waals surface area (Å²) >= 11 is 1.58. The van der Waals surface area contributed by atoms with Crippen molar-refractivity contribution >= 4 is 23.4 Å². The first kappa shape index (κ1) is 11.7. The van der Waals surface area contributed by atoms with E-state index in [1.165, 1.54) is 4.68 Å². The van der Waals surface area contributed by atoms with Gasteiger partial charge in [-0.15, -0.1) is 16.9 Å². The van der Waals surface area contributed by atoms with Gasteiger partial charge >= 0.3 is 0 Å². The lowest BCUT2D eigenvalue weighted by atomic mass is 10.3. The number of nitrogens with zero attached hydrogens (tertiary/aromatic N) is 3. The van der Waals surface area contributed by atoms with Crippen LogP contribution in [0.2, 0.25) is 0 Å². The van der Waals surface area contributed by atoms with E-state index < -0.39 is 0 Å². The van der Waals surface area contributed by atoms with Crippen LogP contribution in [-0.4, -0.2) is 27.2 Å². The van der Waals surface area contributed by atoms with Crippen LogP contribution < -0.4 is 5.32 Å². The Morgan fingerprint density at radius 2 is 2.18 bits per heavy atom. The Kier molecular flexibility index (Phi) is 3.43. The second-order valence-electron chi connectivity index (χ2n) is 3.43. The van der Waals surface area contributed by atoms with E-state index >= 15 is 0 Å². The fourth-order valence-electron chi connectivity index (χ4n) is 1.39. The molecule has 0 unspecified atom stereocenters. The first-order valence-corrected chi connectivity index (χ1v) is 6.24. The number of nitrogens with one attached hydrogen (secondary N) is 1. The molecule has 0 bridgehead atoms. The average molecular weight is 248 g/mol. The first-order valence-electron chi connectivity index (χ1n) is 5.01. The van der Waals surface area contributed by atoms with Crippen LogP contribution in [0.4, 0.5) is 5.69 Å². The van der Waals surface area contributed by atoms with Crippen molar-refractivity contribution in [3.63, 3.8) is 0 Å². The minimum absolute atomic E-state index is 0.250. The van der Waals surface area contributed by atoms with Crippen molar-refractivity contribution in [1.82, 2.24) is 15.0 Å². The first-order chi connectivity index (χ1) is 8.20. The fourth-order valence-corrected chi connectivity index (χ4v) is 1.94. The van der Waals surface area contributed by atoms with Gasteiger partial charge in [-0.2, -0.15) is 0 Å². The van der Waals surface area contributed by atoms with Crippen molar-refractivity contribution in [2.45, 2.75) is 4.90 Å². The van der Waals surface area contributed by atoms with Gasteiger partial charge in [0.05, 0.1) is 11.9 Å². The molecule has 0 saturated heterocycles. The summed E-state index contributed by atoms with van der Waals surface area (Å²) in [4.78, 5) is 12.9. The number of thioether (sulfide) groups is 1. The Balaban J connectivity index is 2.18. The van der Waals surface area contributed by atoms with E-state index in [-0.39, 0.29) is 5.91 Å². The third-order valence-electron chi connectivity index (χ3n) is 2.19. The molecule has 0 fully saturated rings. The fraction of sp³-hybridized carbons (Fsp3) is 0.182. The van der Waals surface area contributed by atoms with E-state index in [1.807, 2.05) is 30.5 Å². The number of hydrogen-bond donors (Lipinski definition) is 1. The third-order valence-corrected chi connectivity index (χ3v) is 2.99. The Bertz CT molecular complexity index is 538. The second kappa shape index (κ2) is 5.01. The normalized spacial score (nSPS) is 10.2. The van der Waals surface area contributed by atoms with Crippen LogP contribution in [0, 0.1) is 0 Å². The largest absolute Gasteiger partial charge is 0.320 e. The van der Waals surface area contributed by atoms with Crippen LogP contribution >= 0.6 is 11.8 Å². The van der Waals surface area contributed by atoms with Crippen LogP contribution in [0.1, 0.15) is 10.5 Å². The highest BCUT2D eigenvalue weighted by molar-refractivity contribution is 7.98. The van der Waals surface area contributed by atoms with Crippen LogP contribution in [0.5, 0.6) is 0 Å². The maximum absolute atomic E-state index is 11.9. The van der Waals surface area contributed by atoms with Crippen molar-refractivity contribution in [3.05, 3.63) is 36.2 Å². The van der Waals surface area contributed by atoms with Crippen LogP contribution in [0.15, 0.2) is 35.4 Å². The maximum atomic E-state index is 11.9. The van der Waals surface area contributed by atoms with Crippen molar-refractivity contribution in [2.75, 3.05) is 11.6 Å². The summed E-state index contributed by atoms with van der Waals surface area (Å²) in [6, 6.07) is 7.63. The number of aromatic nitrogens is 3. The molecule has 0 aliphatic carbocycles. The van der Waals surface area contributed by atoms with Gasteiger partial charge < -0.3 is 5.32 Å². The highest BCUT2D eigenvalue weighted by Gasteiger charge is 2.11. The van der Waals surface area contributed by atoms with Crippen molar-refractivity contribution in [2.24, 2.45) is 7.05 Å². The smallest absolute Gasteiger partial charge is 0.277 e. The van der Waals surface area contributed by atoms with Gasteiger partial charge in [0.25, 0.3) is 5.91 Å². The Morgan fingerprint density at radius 3 is 2.82 bits per heavy atom. The maximum Gasteiger partial charge on any atom is 0.277 e. The molecular weight excluding hydrogens is 236 g/mol. The van der Waals surface area contributed by atoms with Gasteiger partial charge in [-0.1, -0.05) is 17.3 Å².